The minimum Gasteiger partial charge on any atom is -0.372 e. The predicted molar refractivity (Wildman–Crippen MR) is 89.4 cm³/mol. The molecule has 2 aromatic carbocycles. The SMILES string of the molecule is Cc1ccc(S(=O)(=O)OCCN(C)c2ccc(C=O)cc2)cc1. The smallest absolute Gasteiger partial charge is 0.297 e. The Kier molecular flexibility index (Phi) is 5.52. The van der Waals surface area contributed by atoms with Crippen molar-refractivity contribution in [3.05, 3.63) is 59.7 Å². The van der Waals surface area contributed by atoms with E-state index in [2.05, 4.69) is 0 Å². The van der Waals surface area contributed by atoms with Crippen LogP contribution in [0.3, 0.4) is 0 Å². The highest BCUT2D eigenvalue weighted by Gasteiger charge is 2.15. The first-order valence-corrected chi connectivity index (χ1v) is 8.56. The van der Waals surface area contributed by atoms with E-state index in [0.29, 0.717) is 12.1 Å². The van der Waals surface area contributed by atoms with Gasteiger partial charge in [0.25, 0.3) is 10.1 Å². The van der Waals surface area contributed by atoms with E-state index in [1.54, 1.807) is 36.4 Å². The monoisotopic (exact) mass is 333 g/mol. The zero-order chi connectivity index (χ0) is 16.9. The molecule has 0 saturated heterocycles. The fourth-order valence-corrected chi connectivity index (χ4v) is 2.89. The van der Waals surface area contributed by atoms with Gasteiger partial charge in [0.15, 0.2) is 0 Å². The van der Waals surface area contributed by atoms with Crippen LogP contribution in [0.5, 0.6) is 0 Å². The first-order valence-electron chi connectivity index (χ1n) is 7.15. The molecule has 0 bridgehead atoms. The molecule has 0 radical (unpaired) electrons. The van der Waals surface area contributed by atoms with Gasteiger partial charge in [0.1, 0.15) is 6.29 Å². The van der Waals surface area contributed by atoms with Gasteiger partial charge in [-0.1, -0.05) is 17.7 Å². The van der Waals surface area contributed by atoms with Crippen molar-refractivity contribution in [3.63, 3.8) is 0 Å². The molecule has 0 aliphatic carbocycles. The molecular formula is C17H19NO4S. The number of carbonyl (C=O) groups is 1. The number of rotatable bonds is 7. The molecule has 0 spiro atoms. The fourth-order valence-electron chi connectivity index (χ4n) is 1.99. The highest BCUT2D eigenvalue weighted by molar-refractivity contribution is 7.86. The number of hydrogen-bond donors (Lipinski definition) is 0. The lowest BCUT2D eigenvalue weighted by Crippen LogP contribution is -2.24. The Hall–Kier alpha value is -2.18. The number of aryl methyl sites for hydroxylation is 1. The number of anilines is 1. The third kappa shape index (κ3) is 4.64. The third-order valence-electron chi connectivity index (χ3n) is 3.44. The topological polar surface area (TPSA) is 63.7 Å². The average Bonchev–Trinajstić information content (AvgIpc) is 2.55. The maximum Gasteiger partial charge on any atom is 0.297 e. The average molecular weight is 333 g/mol. The van der Waals surface area contributed by atoms with Crippen LogP contribution >= 0.6 is 0 Å². The molecular weight excluding hydrogens is 314 g/mol. The van der Waals surface area contributed by atoms with Gasteiger partial charge in [-0.05, 0) is 43.3 Å². The minimum atomic E-state index is -3.74. The molecule has 2 rings (SSSR count). The van der Waals surface area contributed by atoms with Crippen LogP contribution in [0, 0.1) is 6.92 Å². The largest absolute Gasteiger partial charge is 0.372 e. The van der Waals surface area contributed by atoms with Gasteiger partial charge in [-0.15, -0.1) is 0 Å². The van der Waals surface area contributed by atoms with E-state index >= 15 is 0 Å². The molecule has 0 unspecified atom stereocenters. The molecule has 122 valence electrons. The first kappa shape index (κ1) is 17.2. The normalized spacial score (nSPS) is 11.2. The van der Waals surface area contributed by atoms with E-state index in [9.17, 15) is 13.2 Å². The summed E-state index contributed by atoms with van der Waals surface area (Å²) in [4.78, 5) is 12.6. The van der Waals surface area contributed by atoms with Crippen molar-refractivity contribution in [2.24, 2.45) is 0 Å². The molecule has 0 fully saturated rings. The summed E-state index contributed by atoms with van der Waals surface area (Å²) >= 11 is 0. The molecule has 0 amide bonds. The van der Waals surface area contributed by atoms with Crippen LogP contribution in [-0.4, -0.2) is 34.9 Å². The summed E-state index contributed by atoms with van der Waals surface area (Å²) in [7, 11) is -1.91. The van der Waals surface area contributed by atoms with Crippen molar-refractivity contribution in [3.8, 4) is 0 Å². The van der Waals surface area contributed by atoms with E-state index in [1.807, 2.05) is 18.9 Å². The van der Waals surface area contributed by atoms with Crippen LogP contribution in [0.2, 0.25) is 0 Å². The standard InChI is InChI=1S/C17H19NO4S/c1-14-3-9-17(10-4-14)23(20,21)22-12-11-18(2)16-7-5-15(13-19)6-8-16/h3-10,13H,11-12H2,1-2H3. The second-order valence-electron chi connectivity index (χ2n) is 5.22. The number of aldehydes is 1. The van der Waals surface area contributed by atoms with Crippen LogP contribution < -0.4 is 4.90 Å². The molecule has 0 aromatic heterocycles. The Morgan fingerprint density at radius 3 is 2.22 bits per heavy atom. The molecule has 6 heteroatoms. The van der Waals surface area contributed by atoms with Gasteiger partial charge >= 0.3 is 0 Å². The van der Waals surface area contributed by atoms with E-state index in [0.717, 1.165) is 17.5 Å². The van der Waals surface area contributed by atoms with E-state index in [-0.39, 0.29) is 11.5 Å². The summed E-state index contributed by atoms with van der Waals surface area (Å²) in [5.74, 6) is 0. The molecule has 0 aliphatic heterocycles. The van der Waals surface area contributed by atoms with Crippen molar-refractivity contribution >= 4 is 22.1 Å². The maximum absolute atomic E-state index is 12.1. The molecule has 0 atom stereocenters. The zero-order valence-corrected chi connectivity index (χ0v) is 13.9. The molecule has 0 N–H and O–H groups in total. The van der Waals surface area contributed by atoms with Crippen LogP contribution in [0.4, 0.5) is 5.69 Å². The first-order chi connectivity index (χ1) is 10.9. The molecule has 5 nitrogen and oxygen atoms in total. The number of likely N-dealkylation sites (N-methyl/N-ethyl adjacent to an activating group) is 1. The van der Waals surface area contributed by atoms with Crippen LogP contribution in [0.1, 0.15) is 15.9 Å². The van der Waals surface area contributed by atoms with Gasteiger partial charge in [-0.3, -0.25) is 8.98 Å². The lowest BCUT2D eigenvalue weighted by atomic mass is 10.2. The van der Waals surface area contributed by atoms with Gasteiger partial charge in [-0.2, -0.15) is 8.42 Å². The second kappa shape index (κ2) is 7.39. The predicted octanol–water partition coefficient (Wildman–Crippen LogP) is 2.65. The summed E-state index contributed by atoms with van der Waals surface area (Å²) < 4.78 is 29.2. The number of hydrogen-bond acceptors (Lipinski definition) is 5. The lowest BCUT2D eigenvalue weighted by Gasteiger charge is -2.19. The summed E-state index contributed by atoms with van der Waals surface area (Å²) in [6.45, 7) is 2.34. The van der Waals surface area contributed by atoms with Gasteiger partial charge in [-0.25, -0.2) is 0 Å². The van der Waals surface area contributed by atoms with Gasteiger partial charge in [0.05, 0.1) is 11.5 Å². The van der Waals surface area contributed by atoms with Crippen LogP contribution in [0.25, 0.3) is 0 Å². The molecule has 0 aliphatic rings. The quantitative estimate of drug-likeness (QED) is 0.576. The van der Waals surface area contributed by atoms with Gasteiger partial charge in [0, 0.05) is 24.8 Å². The second-order valence-corrected chi connectivity index (χ2v) is 6.84. The van der Waals surface area contributed by atoms with Crippen molar-refractivity contribution in [1.82, 2.24) is 0 Å². The third-order valence-corrected chi connectivity index (χ3v) is 4.77. The van der Waals surface area contributed by atoms with Gasteiger partial charge < -0.3 is 4.90 Å². The Balaban J connectivity index is 1.92. The zero-order valence-electron chi connectivity index (χ0n) is 13.1. The highest BCUT2D eigenvalue weighted by Crippen LogP contribution is 2.15. The maximum atomic E-state index is 12.1. The Bertz CT molecular complexity index is 752. The highest BCUT2D eigenvalue weighted by atomic mass is 32.2. The number of benzene rings is 2. The van der Waals surface area contributed by atoms with Crippen molar-refractivity contribution in [2.75, 3.05) is 25.1 Å². The fraction of sp³-hybridized carbons (Fsp3) is 0.235. The summed E-state index contributed by atoms with van der Waals surface area (Å²) in [6.07, 6.45) is 0.779. The van der Waals surface area contributed by atoms with E-state index in [1.165, 1.54) is 12.1 Å². The number of nitrogens with zero attached hydrogens (tertiary/aromatic N) is 1. The molecule has 0 heterocycles. The number of carbonyl (C=O) groups excluding carboxylic acids is 1. The van der Waals surface area contributed by atoms with Crippen LogP contribution in [-0.2, 0) is 14.3 Å². The molecule has 0 saturated carbocycles. The summed E-state index contributed by atoms with van der Waals surface area (Å²) in [6, 6.07) is 13.6. The lowest BCUT2D eigenvalue weighted by molar-refractivity contribution is 0.112. The van der Waals surface area contributed by atoms with Crippen molar-refractivity contribution in [2.45, 2.75) is 11.8 Å². The summed E-state index contributed by atoms with van der Waals surface area (Å²) in [5, 5.41) is 0. The Morgan fingerprint density at radius 2 is 1.65 bits per heavy atom. The summed E-state index contributed by atoms with van der Waals surface area (Å²) in [5.41, 5.74) is 2.47. The minimum absolute atomic E-state index is 0.0438. The van der Waals surface area contributed by atoms with Crippen molar-refractivity contribution in [1.29, 1.82) is 0 Å². The van der Waals surface area contributed by atoms with E-state index < -0.39 is 10.1 Å². The molecule has 2 aromatic rings. The van der Waals surface area contributed by atoms with Crippen molar-refractivity contribution < 1.29 is 17.4 Å². The molecule has 23 heavy (non-hydrogen) atoms. The Morgan fingerprint density at radius 1 is 1.04 bits per heavy atom. The van der Waals surface area contributed by atoms with Crippen LogP contribution in [0.15, 0.2) is 53.4 Å². The van der Waals surface area contributed by atoms with E-state index in [4.69, 9.17) is 4.18 Å². The van der Waals surface area contributed by atoms with Gasteiger partial charge in [0.2, 0.25) is 0 Å². The Labute approximate surface area is 136 Å².